The molecule has 6 heteroatoms. The summed E-state index contributed by atoms with van der Waals surface area (Å²) < 4.78 is 41.4. The molecule has 1 atom stereocenters. The van der Waals surface area contributed by atoms with Crippen molar-refractivity contribution in [3.8, 4) is 5.69 Å². The van der Waals surface area contributed by atoms with E-state index in [2.05, 4.69) is 10.1 Å². The van der Waals surface area contributed by atoms with Gasteiger partial charge < -0.3 is 0 Å². The summed E-state index contributed by atoms with van der Waals surface area (Å²) in [6.45, 7) is 0. The van der Waals surface area contributed by atoms with E-state index in [1.165, 1.54) is 30.6 Å². The molecule has 0 N–H and O–H groups in total. The Kier molecular flexibility index (Phi) is 4.46. The van der Waals surface area contributed by atoms with E-state index in [0.29, 0.717) is 5.56 Å². The fourth-order valence-corrected chi connectivity index (χ4v) is 2.36. The molecule has 1 heterocycles. The van der Waals surface area contributed by atoms with Gasteiger partial charge in [-0.2, -0.15) is 18.3 Å². The van der Waals surface area contributed by atoms with Crippen LogP contribution in [-0.4, -0.2) is 20.9 Å². The fourth-order valence-electron chi connectivity index (χ4n) is 2.36. The summed E-state index contributed by atoms with van der Waals surface area (Å²) in [4.78, 5) is 3.85. The van der Waals surface area contributed by atoms with Crippen molar-refractivity contribution in [2.24, 2.45) is 0 Å². The molecule has 24 heavy (non-hydrogen) atoms. The fraction of sp³-hybridized carbons (Fsp3) is 0.111. The largest absolute Gasteiger partial charge is 0.399 e. The van der Waals surface area contributed by atoms with E-state index in [-0.39, 0.29) is 5.56 Å². The molecule has 2 aromatic carbocycles. The van der Waals surface area contributed by atoms with Gasteiger partial charge in [-0.25, -0.2) is 9.67 Å². The first-order valence-corrected chi connectivity index (χ1v) is 7.29. The summed E-state index contributed by atoms with van der Waals surface area (Å²) in [5.74, 6) is -1.63. The van der Waals surface area contributed by atoms with E-state index in [0.717, 1.165) is 5.69 Å². The minimum absolute atomic E-state index is 0.223. The highest BCUT2D eigenvalue weighted by molar-refractivity contribution is 5.53. The minimum atomic E-state index is -4.33. The van der Waals surface area contributed by atoms with Crippen molar-refractivity contribution in [1.82, 2.24) is 14.8 Å². The molecular formula is C18H14F3N3. The standard InChI is InChI=1S/C18H14F3N3/c19-18(20,21)17(15-4-2-1-3-5-15)11-8-14-6-9-16(10-7-14)24-13-22-12-23-24/h1-13,17H/b11-8+. The molecule has 0 saturated carbocycles. The number of hydrogen-bond acceptors (Lipinski definition) is 2. The third kappa shape index (κ3) is 3.71. The summed E-state index contributed by atoms with van der Waals surface area (Å²) in [7, 11) is 0. The van der Waals surface area contributed by atoms with Crippen molar-refractivity contribution in [2.45, 2.75) is 12.1 Å². The zero-order chi connectivity index (χ0) is 17.0. The van der Waals surface area contributed by atoms with Crippen molar-refractivity contribution in [3.05, 3.63) is 84.5 Å². The first-order chi connectivity index (χ1) is 11.5. The first kappa shape index (κ1) is 16.0. The Morgan fingerprint density at radius 3 is 2.25 bits per heavy atom. The normalized spacial score (nSPS) is 13.3. The summed E-state index contributed by atoms with van der Waals surface area (Å²) >= 11 is 0. The molecule has 0 saturated heterocycles. The zero-order valence-corrected chi connectivity index (χ0v) is 12.6. The second-order valence-electron chi connectivity index (χ2n) is 5.22. The first-order valence-electron chi connectivity index (χ1n) is 7.29. The number of benzene rings is 2. The predicted octanol–water partition coefficient (Wildman–Crippen LogP) is 4.63. The number of allylic oxidation sites excluding steroid dienone is 1. The van der Waals surface area contributed by atoms with E-state index in [9.17, 15) is 13.2 Å². The van der Waals surface area contributed by atoms with Gasteiger partial charge in [0, 0.05) is 0 Å². The van der Waals surface area contributed by atoms with Crippen LogP contribution in [0.15, 0.2) is 73.3 Å². The Morgan fingerprint density at radius 1 is 0.958 bits per heavy atom. The molecule has 0 spiro atoms. The van der Waals surface area contributed by atoms with E-state index in [1.54, 1.807) is 53.5 Å². The van der Waals surface area contributed by atoms with Crippen molar-refractivity contribution in [1.29, 1.82) is 0 Å². The second kappa shape index (κ2) is 6.70. The van der Waals surface area contributed by atoms with Crippen molar-refractivity contribution in [3.63, 3.8) is 0 Å². The average Bonchev–Trinajstić information content (AvgIpc) is 3.10. The van der Waals surface area contributed by atoms with Crippen LogP contribution in [0, 0.1) is 0 Å². The molecule has 3 rings (SSSR count). The topological polar surface area (TPSA) is 30.7 Å². The Balaban J connectivity index is 1.82. The van der Waals surface area contributed by atoms with Gasteiger partial charge in [-0.3, -0.25) is 0 Å². The average molecular weight is 329 g/mol. The summed E-state index contributed by atoms with van der Waals surface area (Å²) in [6, 6.07) is 14.9. The molecule has 0 fully saturated rings. The van der Waals surface area contributed by atoms with Crippen LogP contribution in [-0.2, 0) is 0 Å². The zero-order valence-electron chi connectivity index (χ0n) is 12.6. The Bertz CT molecular complexity index is 792. The Hall–Kier alpha value is -2.89. The third-order valence-corrected chi connectivity index (χ3v) is 3.57. The van der Waals surface area contributed by atoms with Gasteiger partial charge in [-0.1, -0.05) is 54.6 Å². The minimum Gasteiger partial charge on any atom is -0.223 e. The molecule has 0 aliphatic carbocycles. The molecule has 3 aromatic rings. The van der Waals surface area contributed by atoms with Gasteiger partial charge in [0.05, 0.1) is 11.6 Å². The number of alkyl halides is 3. The molecular weight excluding hydrogens is 315 g/mol. The van der Waals surface area contributed by atoms with Crippen LogP contribution < -0.4 is 0 Å². The Morgan fingerprint density at radius 2 is 1.67 bits per heavy atom. The van der Waals surface area contributed by atoms with Crippen LogP contribution in [0.4, 0.5) is 13.2 Å². The van der Waals surface area contributed by atoms with Crippen LogP contribution in [0.1, 0.15) is 17.0 Å². The van der Waals surface area contributed by atoms with Crippen LogP contribution >= 0.6 is 0 Å². The van der Waals surface area contributed by atoms with Crippen LogP contribution in [0.5, 0.6) is 0 Å². The molecule has 0 radical (unpaired) electrons. The third-order valence-electron chi connectivity index (χ3n) is 3.57. The molecule has 0 bridgehead atoms. The highest BCUT2D eigenvalue weighted by atomic mass is 19.4. The smallest absolute Gasteiger partial charge is 0.223 e. The molecule has 0 aliphatic heterocycles. The van der Waals surface area contributed by atoms with Gasteiger partial charge >= 0.3 is 6.18 Å². The summed E-state index contributed by atoms with van der Waals surface area (Å²) in [6.07, 6.45) is 1.30. The number of aromatic nitrogens is 3. The SMILES string of the molecule is FC(F)(F)C(/C=C/c1ccc(-n2cncn2)cc1)c1ccccc1. The number of rotatable bonds is 4. The van der Waals surface area contributed by atoms with Crippen molar-refractivity contribution < 1.29 is 13.2 Å². The highest BCUT2D eigenvalue weighted by Gasteiger charge is 2.38. The highest BCUT2D eigenvalue weighted by Crippen LogP contribution is 2.36. The number of halogens is 3. The second-order valence-corrected chi connectivity index (χ2v) is 5.22. The van der Waals surface area contributed by atoms with Gasteiger partial charge in [0.2, 0.25) is 0 Å². The van der Waals surface area contributed by atoms with Crippen LogP contribution in [0.25, 0.3) is 11.8 Å². The number of hydrogen-bond donors (Lipinski definition) is 0. The maximum atomic E-state index is 13.3. The van der Waals surface area contributed by atoms with Crippen LogP contribution in [0.2, 0.25) is 0 Å². The van der Waals surface area contributed by atoms with Gasteiger partial charge in [-0.15, -0.1) is 0 Å². The van der Waals surface area contributed by atoms with Gasteiger partial charge in [0.1, 0.15) is 12.7 Å². The monoisotopic (exact) mass is 329 g/mol. The molecule has 3 nitrogen and oxygen atoms in total. The maximum Gasteiger partial charge on any atom is 0.399 e. The lowest BCUT2D eigenvalue weighted by Gasteiger charge is -2.17. The summed E-state index contributed by atoms with van der Waals surface area (Å²) in [5, 5.41) is 4.00. The molecule has 1 unspecified atom stereocenters. The van der Waals surface area contributed by atoms with E-state index >= 15 is 0 Å². The molecule has 0 amide bonds. The van der Waals surface area contributed by atoms with E-state index in [1.807, 2.05) is 0 Å². The lowest BCUT2D eigenvalue weighted by molar-refractivity contribution is -0.139. The molecule has 1 aromatic heterocycles. The van der Waals surface area contributed by atoms with Gasteiger partial charge in [0.25, 0.3) is 0 Å². The van der Waals surface area contributed by atoms with Gasteiger partial charge in [-0.05, 0) is 23.3 Å². The quantitative estimate of drug-likeness (QED) is 0.699. The van der Waals surface area contributed by atoms with E-state index in [4.69, 9.17) is 0 Å². The van der Waals surface area contributed by atoms with E-state index < -0.39 is 12.1 Å². The lowest BCUT2D eigenvalue weighted by atomic mass is 9.97. The molecule has 122 valence electrons. The molecule has 0 aliphatic rings. The van der Waals surface area contributed by atoms with Crippen molar-refractivity contribution in [2.75, 3.05) is 0 Å². The lowest BCUT2D eigenvalue weighted by Crippen LogP contribution is -2.18. The van der Waals surface area contributed by atoms with Gasteiger partial charge in [0.15, 0.2) is 0 Å². The number of nitrogens with zero attached hydrogens (tertiary/aromatic N) is 3. The Labute approximate surface area is 137 Å². The maximum absolute atomic E-state index is 13.3. The van der Waals surface area contributed by atoms with Crippen LogP contribution in [0.3, 0.4) is 0 Å². The predicted molar refractivity (Wildman–Crippen MR) is 85.6 cm³/mol. The summed E-state index contributed by atoms with van der Waals surface area (Å²) in [5.41, 5.74) is 1.70. The van der Waals surface area contributed by atoms with Crippen molar-refractivity contribution >= 4 is 6.08 Å².